The molecule has 1 unspecified atom stereocenters. The van der Waals surface area contributed by atoms with Crippen molar-refractivity contribution in [3.63, 3.8) is 0 Å². The number of aromatic nitrogens is 3. The summed E-state index contributed by atoms with van der Waals surface area (Å²) in [4.78, 5) is 15.3. The number of para-hydroxylation sites is 2. The summed E-state index contributed by atoms with van der Waals surface area (Å²) >= 11 is 0. The normalized spacial score (nSPS) is 16.7. The number of benzene rings is 5. The topological polar surface area (TPSA) is 47.9 Å². The first kappa shape index (κ1) is 28.6. The lowest BCUT2D eigenvalue weighted by Crippen LogP contribution is -2.33. The minimum atomic E-state index is -0.471. The SMILES string of the molecule is C1=CC2=C(CC1)C1(c3ccccc3Oc3c(-c4ncccc4-c4cc(-c5ccccc5)nc(-c5ccccc5)n4)cccc31)c1ccccc12. The van der Waals surface area contributed by atoms with E-state index in [0.717, 1.165) is 69.2 Å². The number of pyridine rings is 1. The van der Waals surface area contributed by atoms with Crippen molar-refractivity contribution in [3.05, 3.63) is 192 Å². The minimum absolute atomic E-state index is 0.471. The fraction of sp³-hybridized carbons (Fsp3) is 0.0652. The van der Waals surface area contributed by atoms with Gasteiger partial charge in [-0.25, -0.2) is 9.97 Å². The summed E-state index contributed by atoms with van der Waals surface area (Å²) in [6.45, 7) is 0. The quantitative estimate of drug-likeness (QED) is 0.192. The zero-order valence-electron chi connectivity index (χ0n) is 27.3. The van der Waals surface area contributed by atoms with Crippen LogP contribution in [0.2, 0.25) is 0 Å². The highest BCUT2D eigenvalue weighted by Crippen LogP contribution is 2.64. The summed E-state index contributed by atoms with van der Waals surface area (Å²) in [5.74, 6) is 2.39. The first-order chi connectivity index (χ1) is 24.8. The molecule has 3 aliphatic rings. The summed E-state index contributed by atoms with van der Waals surface area (Å²) in [5, 5.41) is 0. The van der Waals surface area contributed by atoms with E-state index >= 15 is 0 Å². The third-order valence-electron chi connectivity index (χ3n) is 10.3. The van der Waals surface area contributed by atoms with E-state index in [1.54, 1.807) is 0 Å². The summed E-state index contributed by atoms with van der Waals surface area (Å²) in [5.41, 5.74) is 13.6. The van der Waals surface area contributed by atoms with Crippen LogP contribution in [0.15, 0.2) is 170 Å². The molecule has 3 heterocycles. The van der Waals surface area contributed by atoms with Gasteiger partial charge in [0.25, 0.3) is 0 Å². The molecule has 2 aromatic heterocycles. The number of nitrogens with zero attached hydrogens (tertiary/aromatic N) is 3. The zero-order chi connectivity index (χ0) is 33.1. The molecule has 1 aliphatic heterocycles. The molecule has 4 heteroatoms. The number of ether oxygens (including phenoxy) is 1. The largest absolute Gasteiger partial charge is 0.456 e. The molecule has 2 aliphatic carbocycles. The van der Waals surface area contributed by atoms with Crippen LogP contribution in [-0.4, -0.2) is 15.0 Å². The van der Waals surface area contributed by atoms with Crippen molar-refractivity contribution in [1.29, 1.82) is 0 Å². The van der Waals surface area contributed by atoms with Crippen LogP contribution in [0.5, 0.6) is 11.5 Å². The van der Waals surface area contributed by atoms with Crippen molar-refractivity contribution in [3.8, 4) is 56.7 Å². The first-order valence-electron chi connectivity index (χ1n) is 17.2. The van der Waals surface area contributed by atoms with Crippen LogP contribution < -0.4 is 4.74 Å². The third kappa shape index (κ3) is 4.21. The Balaban J connectivity index is 1.23. The van der Waals surface area contributed by atoms with E-state index in [-0.39, 0.29) is 0 Å². The van der Waals surface area contributed by atoms with Crippen molar-refractivity contribution in [1.82, 2.24) is 15.0 Å². The molecule has 0 saturated carbocycles. The van der Waals surface area contributed by atoms with E-state index < -0.39 is 5.41 Å². The van der Waals surface area contributed by atoms with Crippen LogP contribution in [0.25, 0.3) is 50.7 Å². The van der Waals surface area contributed by atoms with Gasteiger partial charge in [0.1, 0.15) is 11.5 Å². The molecule has 5 aromatic carbocycles. The maximum atomic E-state index is 7.01. The Morgan fingerprint density at radius 1 is 0.560 bits per heavy atom. The second kappa shape index (κ2) is 11.4. The lowest BCUT2D eigenvalue weighted by molar-refractivity contribution is 0.433. The smallest absolute Gasteiger partial charge is 0.160 e. The maximum absolute atomic E-state index is 7.01. The molecule has 0 amide bonds. The van der Waals surface area contributed by atoms with Crippen LogP contribution in [0.1, 0.15) is 35.1 Å². The molecule has 1 spiro atoms. The molecular formula is C46H31N3O. The van der Waals surface area contributed by atoms with Gasteiger partial charge in [-0.05, 0) is 65.4 Å². The van der Waals surface area contributed by atoms with Crippen LogP contribution >= 0.6 is 0 Å². The average Bonchev–Trinajstić information content (AvgIpc) is 3.49. The molecule has 236 valence electrons. The van der Waals surface area contributed by atoms with E-state index in [4.69, 9.17) is 19.7 Å². The molecular weight excluding hydrogens is 611 g/mol. The molecule has 0 N–H and O–H groups in total. The Labute approximate surface area is 291 Å². The van der Waals surface area contributed by atoms with E-state index in [9.17, 15) is 0 Å². The van der Waals surface area contributed by atoms with Crippen molar-refractivity contribution >= 4 is 5.57 Å². The molecule has 0 radical (unpaired) electrons. The summed E-state index contributed by atoms with van der Waals surface area (Å²) in [6.07, 6.45) is 8.50. The van der Waals surface area contributed by atoms with Crippen LogP contribution in [0.3, 0.4) is 0 Å². The standard InChI is InChI=1S/C46H31N3O/c1-3-15-30(16-4-1)40-29-41(49-45(48-40)31-17-5-2-6-18-31)34-22-14-28-47-43(34)35-21-13-26-39-44(35)50-42-27-12-11-25-38(42)46(39)36-23-9-7-19-32(36)33-20-8-10-24-37(33)46/h1-9,11-23,25-29H,10,24H2. The van der Waals surface area contributed by atoms with Gasteiger partial charge in [-0.15, -0.1) is 0 Å². The highest BCUT2D eigenvalue weighted by molar-refractivity contribution is 5.94. The van der Waals surface area contributed by atoms with Gasteiger partial charge in [0.05, 0.1) is 22.5 Å². The second-order valence-electron chi connectivity index (χ2n) is 13.0. The Kier molecular flexibility index (Phi) is 6.50. The number of rotatable bonds is 4. The molecule has 50 heavy (non-hydrogen) atoms. The summed E-state index contributed by atoms with van der Waals surface area (Å²) < 4.78 is 7.01. The lowest BCUT2D eigenvalue weighted by atomic mass is 9.63. The van der Waals surface area contributed by atoms with Gasteiger partial charge in [0, 0.05) is 39.6 Å². The second-order valence-corrected chi connectivity index (χ2v) is 13.0. The van der Waals surface area contributed by atoms with Crippen molar-refractivity contribution in [2.45, 2.75) is 18.3 Å². The molecule has 0 bridgehead atoms. The molecule has 0 fully saturated rings. The van der Waals surface area contributed by atoms with Crippen molar-refractivity contribution < 1.29 is 4.74 Å². The summed E-state index contributed by atoms with van der Waals surface area (Å²) in [6, 6.07) is 50.7. The Morgan fingerprint density at radius 2 is 1.24 bits per heavy atom. The zero-order valence-corrected chi connectivity index (χ0v) is 27.3. The lowest BCUT2D eigenvalue weighted by Gasteiger charge is -2.41. The Morgan fingerprint density at radius 3 is 2.10 bits per heavy atom. The van der Waals surface area contributed by atoms with Crippen LogP contribution in [0, 0.1) is 0 Å². The molecule has 10 rings (SSSR count). The van der Waals surface area contributed by atoms with Gasteiger partial charge < -0.3 is 4.74 Å². The average molecular weight is 642 g/mol. The number of allylic oxidation sites excluding steroid dienone is 4. The first-order valence-corrected chi connectivity index (χ1v) is 17.2. The highest BCUT2D eigenvalue weighted by atomic mass is 16.5. The van der Waals surface area contributed by atoms with Gasteiger partial charge in [-0.2, -0.15) is 0 Å². The van der Waals surface area contributed by atoms with E-state index in [1.165, 1.54) is 27.8 Å². The van der Waals surface area contributed by atoms with Crippen molar-refractivity contribution in [2.75, 3.05) is 0 Å². The van der Waals surface area contributed by atoms with E-state index in [2.05, 4.69) is 115 Å². The summed E-state index contributed by atoms with van der Waals surface area (Å²) in [7, 11) is 0. The third-order valence-corrected chi connectivity index (χ3v) is 10.3. The highest BCUT2D eigenvalue weighted by Gasteiger charge is 2.52. The predicted octanol–water partition coefficient (Wildman–Crippen LogP) is 11.1. The molecule has 7 aromatic rings. The van der Waals surface area contributed by atoms with Gasteiger partial charge in [0.15, 0.2) is 5.82 Å². The molecule has 0 saturated heterocycles. The van der Waals surface area contributed by atoms with E-state index in [0.29, 0.717) is 5.82 Å². The van der Waals surface area contributed by atoms with Crippen molar-refractivity contribution in [2.24, 2.45) is 0 Å². The molecule has 4 nitrogen and oxygen atoms in total. The van der Waals surface area contributed by atoms with Crippen LogP contribution in [0.4, 0.5) is 0 Å². The van der Waals surface area contributed by atoms with E-state index in [1.807, 2.05) is 48.7 Å². The Bertz CT molecular complexity index is 2460. The van der Waals surface area contributed by atoms with Gasteiger partial charge in [-0.3, -0.25) is 4.98 Å². The minimum Gasteiger partial charge on any atom is -0.456 e. The number of hydrogen-bond donors (Lipinski definition) is 0. The number of fused-ring (bicyclic) bond motifs is 8. The van der Waals surface area contributed by atoms with Gasteiger partial charge in [0.2, 0.25) is 0 Å². The molecule has 1 atom stereocenters. The van der Waals surface area contributed by atoms with Crippen LogP contribution in [-0.2, 0) is 5.41 Å². The van der Waals surface area contributed by atoms with Gasteiger partial charge >= 0.3 is 0 Å². The monoisotopic (exact) mass is 641 g/mol. The predicted molar refractivity (Wildman–Crippen MR) is 200 cm³/mol. The fourth-order valence-electron chi connectivity index (χ4n) is 8.26. The maximum Gasteiger partial charge on any atom is 0.160 e. The number of hydrogen-bond acceptors (Lipinski definition) is 4. The van der Waals surface area contributed by atoms with Gasteiger partial charge in [-0.1, -0.05) is 127 Å². The fourth-order valence-corrected chi connectivity index (χ4v) is 8.26. The Hall–Kier alpha value is -6.39.